The molecule has 4 N–H and O–H groups in total. The molecule has 0 aliphatic carbocycles. The number of amides is 1. The van der Waals surface area contributed by atoms with Gasteiger partial charge >= 0.3 is 0 Å². The van der Waals surface area contributed by atoms with Crippen molar-refractivity contribution in [2.24, 2.45) is 0 Å². The fourth-order valence-electron chi connectivity index (χ4n) is 1.93. The predicted octanol–water partition coefficient (Wildman–Crippen LogP) is 0.507. The number of fused-ring (bicyclic) bond motifs is 1. The highest BCUT2D eigenvalue weighted by Gasteiger charge is 2.19. The van der Waals surface area contributed by atoms with Gasteiger partial charge in [-0.3, -0.25) is 4.79 Å². The Labute approximate surface area is 123 Å². The summed E-state index contributed by atoms with van der Waals surface area (Å²) < 4.78 is 27.0. The Morgan fingerprint density at radius 2 is 2.10 bits per heavy atom. The van der Waals surface area contributed by atoms with E-state index in [4.69, 9.17) is 5.73 Å². The number of nitrogens with zero attached hydrogens (tertiary/aromatic N) is 1. The molecule has 1 amide bonds. The molecule has 2 aromatic rings. The fraction of sp³-hybridized carbons (Fsp3) is 0.308. The van der Waals surface area contributed by atoms with Gasteiger partial charge in [0.25, 0.3) is 0 Å². The first kappa shape index (κ1) is 15.3. The first-order chi connectivity index (χ1) is 9.81. The molecule has 1 aromatic heterocycles. The molecule has 7 nitrogen and oxygen atoms in total. The van der Waals surface area contributed by atoms with Gasteiger partial charge in [0.05, 0.1) is 0 Å². The third kappa shape index (κ3) is 3.34. The summed E-state index contributed by atoms with van der Waals surface area (Å²) in [7, 11) is -0.441. The average Bonchev–Trinajstić information content (AvgIpc) is 2.81. The molecule has 21 heavy (non-hydrogen) atoms. The quantitative estimate of drug-likeness (QED) is 0.699. The summed E-state index contributed by atoms with van der Waals surface area (Å²) in [6.45, 7) is 0.0499. The van der Waals surface area contributed by atoms with Crippen molar-refractivity contribution in [3.8, 4) is 0 Å². The molecule has 8 heteroatoms. The molecule has 1 aromatic carbocycles. The van der Waals surface area contributed by atoms with Crippen molar-refractivity contribution < 1.29 is 13.2 Å². The topological polar surface area (TPSA) is 108 Å². The van der Waals surface area contributed by atoms with E-state index in [1.165, 1.54) is 11.1 Å². The number of hydrogen-bond donors (Lipinski definition) is 3. The van der Waals surface area contributed by atoms with Crippen molar-refractivity contribution in [2.75, 3.05) is 26.4 Å². The van der Waals surface area contributed by atoms with Crippen molar-refractivity contribution in [3.05, 3.63) is 24.4 Å². The van der Waals surface area contributed by atoms with Crippen LogP contribution in [0.25, 0.3) is 10.9 Å². The van der Waals surface area contributed by atoms with Crippen molar-refractivity contribution >= 4 is 32.5 Å². The maximum atomic E-state index is 12.3. The number of aromatic nitrogens is 1. The number of H-pyrrole nitrogens is 1. The molecule has 1 heterocycles. The second kappa shape index (κ2) is 5.74. The Balaban J connectivity index is 2.18. The van der Waals surface area contributed by atoms with Gasteiger partial charge in [-0.2, -0.15) is 0 Å². The van der Waals surface area contributed by atoms with Gasteiger partial charge in [-0.25, -0.2) is 13.1 Å². The number of carbonyl (C=O) groups excluding carboxylic acids is 1. The standard InChI is InChI=1S/C13H18N4O3S/c1-17(2)13(18)5-6-16-21(19,20)12-8-15-11-4-3-9(14)7-10(11)12/h3-4,7-8,15-16H,5-6,14H2,1-2H3. The van der Waals surface area contributed by atoms with Gasteiger partial charge in [0.15, 0.2) is 0 Å². The minimum Gasteiger partial charge on any atom is -0.399 e. The summed E-state index contributed by atoms with van der Waals surface area (Å²) in [5.41, 5.74) is 6.87. The molecule has 0 radical (unpaired) electrons. The largest absolute Gasteiger partial charge is 0.399 e. The fourth-order valence-corrected chi connectivity index (χ4v) is 3.13. The van der Waals surface area contributed by atoms with Crippen molar-refractivity contribution in [2.45, 2.75) is 11.3 Å². The molecule has 2 rings (SSSR count). The van der Waals surface area contributed by atoms with E-state index in [1.807, 2.05) is 0 Å². The van der Waals surface area contributed by atoms with Gasteiger partial charge in [0, 0.05) is 49.8 Å². The third-order valence-corrected chi connectivity index (χ3v) is 4.59. The van der Waals surface area contributed by atoms with Gasteiger partial charge in [0.1, 0.15) is 4.90 Å². The highest BCUT2D eigenvalue weighted by atomic mass is 32.2. The maximum absolute atomic E-state index is 12.3. The first-order valence-electron chi connectivity index (χ1n) is 6.37. The summed E-state index contributed by atoms with van der Waals surface area (Å²) in [6, 6.07) is 5.02. The minimum atomic E-state index is -3.69. The lowest BCUT2D eigenvalue weighted by atomic mass is 10.2. The summed E-state index contributed by atoms with van der Waals surface area (Å²) in [5, 5.41) is 0.529. The molecule has 114 valence electrons. The van der Waals surface area contributed by atoms with Crippen LogP contribution in [0.1, 0.15) is 6.42 Å². The lowest BCUT2D eigenvalue weighted by molar-refractivity contribution is -0.128. The highest BCUT2D eigenvalue weighted by Crippen LogP contribution is 2.24. The normalized spacial score (nSPS) is 11.7. The Kier molecular flexibility index (Phi) is 4.19. The summed E-state index contributed by atoms with van der Waals surface area (Å²) in [4.78, 5) is 15.9. The van der Waals surface area contributed by atoms with Crippen LogP contribution in [0.5, 0.6) is 0 Å². The second-order valence-corrected chi connectivity index (χ2v) is 6.63. The number of nitrogens with one attached hydrogen (secondary N) is 2. The molecule has 0 unspecified atom stereocenters. The minimum absolute atomic E-state index is 0.0499. The van der Waals surface area contributed by atoms with Gasteiger partial charge in [-0.15, -0.1) is 0 Å². The number of aromatic amines is 1. The Bertz CT molecular complexity index is 765. The number of hydrogen-bond acceptors (Lipinski definition) is 4. The molecular formula is C13H18N4O3S. The number of anilines is 1. The lowest BCUT2D eigenvalue weighted by Gasteiger charge is -2.10. The molecule has 0 aliphatic rings. The number of carbonyl (C=O) groups is 1. The number of sulfonamides is 1. The van der Waals surface area contributed by atoms with Crippen LogP contribution in [-0.4, -0.2) is 44.8 Å². The summed E-state index contributed by atoms with van der Waals surface area (Å²) in [6.07, 6.45) is 1.52. The highest BCUT2D eigenvalue weighted by molar-refractivity contribution is 7.89. The van der Waals surface area contributed by atoms with E-state index in [1.54, 1.807) is 32.3 Å². The Morgan fingerprint density at radius 3 is 2.76 bits per heavy atom. The third-order valence-electron chi connectivity index (χ3n) is 3.09. The maximum Gasteiger partial charge on any atom is 0.242 e. The van der Waals surface area contributed by atoms with E-state index < -0.39 is 10.0 Å². The van der Waals surface area contributed by atoms with Gasteiger partial charge < -0.3 is 15.6 Å². The van der Waals surface area contributed by atoms with Gasteiger partial charge in [-0.05, 0) is 18.2 Å². The SMILES string of the molecule is CN(C)C(=O)CCNS(=O)(=O)c1c[nH]c2ccc(N)cc12. The molecule has 0 saturated carbocycles. The van der Waals surface area contributed by atoms with Crippen LogP contribution in [-0.2, 0) is 14.8 Å². The zero-order valence-corrected chi connectivity index (χ0v) is 12.7. The number of benzene rings is 1. The van der Waals surface area contributed by atoms with E-state index >= 15 is 0 Å². The van der Waals surface area contributed by atoms with E-state index in [0.29, 0.717) is 16.6 Å². The molecule has 0 spiro atoms. The number of nitrogen functional groups attached to an aromatic ring is 1. The van der Waals surface area contributed by atoms with Crippen LogP contribution < -0.4 is 10.5 Å². The Hall–Kier alpha value is -2.06. The number of rotatable bonds is 5. The van der Waals surface area contributed by atoms with Gasteiger partial charge in [-0.1, -0.05) is 0 Å². The van der Waals surface area contributed by atoms with Crippen LogP contribution >= 0.6 is 0 Å². The van der Waals surface area contributed by atoms with Gasteiger partial charge in [0.2, 0.25) is 15.9 Å². The monoisotopic (exact) mass is 310 g/mol. The average molecular weight is 310 g/mol. The zero-order chi connectivity index (χ0) is 15.6. The van der Waals surface area contributed by atoms with Crippen molar-refractivity contribution in [1.29, 1.82) is 0 Å². The van der Waals surface area contributed by atoms with Crippen molar-refractivity contribution in [3.63, 3.8) is 0 Å². The predicted molar refractivity (Wildman–Crippen MR) is 81.2 cm³/mol. The lowest BCUT2D eigenvalue weighted by Crippen LogP contribution is -2.30. The molecule has 0 aliphatic heterocycles. The summed E-state index contributed by atoms with van der Waals surface area (Å²) in [5.74, 6) is -0.138. The second-order valence-electron chi connectivity index (χ2n) is 4.89. The van der Waals surface area contributed by atoms with E-state index in [-0.39, 0.29) is 23.8 Å². The Morgan fingerprint density at radius 1 is 1.38 bits per heavy atom. The van der Waals surface area contributed by atoms with E-state index in [0.717, 1.165) is 0 Å². The molecule has 0 fully saturated rings. The zero-order valence-electron chi connectivity index (χ0n) is 11.9. The molecule has 0 bridgehead atoms. The van der Waals surface area contributed by atoms with Crippen LogP contribution in [0.2, 0.25) is 0 Å². The van der Waals surface area contributed by atoms with Crippen molar-refractivity contribution in [1.82, 2.24) is 14.6 Å². The molecular weight excluding hydrogens is 292 g/mol. The molecule has 0 atom stereocenters. The molecule has 0 saturated heterocycles. The van der Waals surface area contributed by atoms with Crippen LogP contribution in [0.3, 0.4) is 0 Å². The van der Waals surface area contributed by atoms with E-state index in [2.05, 4.69) is 9.71 Å². The van der Waals surface area contributed by atoms with Crippen LogP contribution in [0.4, 0.5) is 5.69 Å². The van der Waals surface area contributed by atoms with E-state index in [9.17, 15) is 13.2 Å². The van der Waals surface area contributed by atoms with Crippen LogP contribution in [0.15, 0.2) is 29.3 Å². The first-order valence-corrected chi connectivity index (χ1v) is 7.86. The summed E-state index contributed by atoms with van der Waals surface area (Å²) >= 11 is 0. The van der Waals surface area contributed by atoms with Crippen LogP contribution in [0, 0.1) is 0 Å². The number of nitrogens with two attached hydrogens (primary N) is 1. The smallest absolute Gasteiger partial charge is 0.242 e.